The fraction of sp³-hybridized carbons (Fsp3) is 1.00. The van der Waals surface area contributed by atoms with E-state index in [4.69, 9.17) is 5.73 Å². The lowest BCUT2D eigenvalue weighted by Gasteiger charge is -1.99. The van der Waals surface area contributed by atoms with Gasteiger partial charge in [0.1, 0.15) is 9.84 Å². The lowest BCUT2D eigenvalue weighted by Crippen LogP contribution is -2.25. The summed E-state index contributed by atoms with van der Waals surface area (Å²) in [5, 5.41) is 0. The molecule has 0 spiro atoms. The zero-order valence-corrected chi connectivity index (χ0v) is 7.13. The maximum atomic E-state index is 10.4. The van der Waals surface area contributed by atoms with E-state index >= 15 is 0 Å². The third-order valence-electron chi connectivity index (χ3n) is 0.566. The van der Waals surface area contributed by atoms with Crippen molar-refractivity contribution in [2.45, 2.75) is 13.0 Å². The van der Waals surface area contributed by atoms with Crippen molar-refractivity contribution in [1.82, 2.24) is 0 Å². The molecule has 0 aliphatic carbocycles. The lowest BCUT2D eigenvalue weighted by molar-refractivity contribution is 0.596. The van der Waals surface area contributed by atoms with Gasteiger partial charge in [0.05, 0.1) is 5.75 Å². The van der Waals surface area contributed by atoms with Gasteiger partial charge in [0.25, 0.3) is 0 Å². The lowest BCUT2D eigenvalue weighted by atomic mass is 10.4. The summed E-state index contributed by atoms with van der Waals surface area (Å²) in [6.07, 6.45) is 1.18. The quantitative estimate of drug-likeness (QED) is 0.629. The average molecular weight is 174 g/mol. The largest absolute Gasteiger partial charge is 0.327 e. The van der Waals surface area contributed by atoms with Crippen LogP contribution < -0.4 is 5.73 Å². The number of sulfone groups is 1. The molecule has 0 aromatic heterocycles. The first-order valence-electron chi connectivity index (χ1n) is 2.35. The molecule has 5 heteroatoms. The monoisotopic (exact) mass is 173 g/mol. The Hall–Kier alpha value is 0.200. The van der Waals surface area contributed by atoms with Crippen molar-refractivity contribution < 1.29 is 8.42 Å². The molecule has 0 amide bonds. The molecule has 0 radical (unpaired) electrons. The van der Waals surface area contributed by atoms with Gasteiger partial charge in [-0.1, -0.05) is 0 Å². The second-order valence-corrected chi connectivity index (χ2v) is 4.25. The molecule has 58 valence electrons. The standard InChI is InChI=1S/C4H11NO2S.ClH/c1-4(5)3-8(2,6)7;/h4H,3,5H2,1-2H3;1H. The van der Waals surface area contributed by atoms with E-state index in [-0.39, 0.29) is 24.2 Å². The van der Waals surface area contributed by atoms with Crippen molar-refractivity contribution in [2.24, 2.45) is 5.73 Å². The molecule has 0 heterocycles. The van der Waals surface area contributed by atoms with Crippen molar-refractivity contribution in [3.8, 4) is 0 Å². The Bertz CT molecular complexity index is 152. The van der Waals surface area contributed by atoms with Gasteiger partial charge in [0, 0.05) is 12.3 Å². The summed E-state index contributed by atoms with van der Waals surface area (Å²) in [6, 6.07) is -0.245. The van der Waals surface area contributed by atoms with Crippen molar-refractivity contribution in [1.29, 1.82) is 0 Å². The second-order valence-electron chi connectivity index (χ2n) is 2.07. The Morgan fingerprint density at radius 1 is 1.56 bits per heavy atom. The van der Waals surface area contributed by atoms with E-state index in [0.717, 1.165) is 0 Å². The molecule has 3 nitrogen and oxygen atoms in total. The van der Waals surface area contributed by atoms with Crippen LogP contribution in [0, 0.1) is 0 Å². The Morgan fingerprint density at radius 2 is 1.89 bits per heavy atom. The van der Waals surface area contributed by atoms with Gasteiger partial charge in [-0.05, 0) is 6.92 Å². The van der Waals surface area contributed by atoms with Crippen LogP contribution in [0.3, 0.4) is 0 Å². The molecule has 0 saturated heterocycles. The zero-order valence-electron chi connectivity index (χ0n) is 5.49. The van der Waals surface area contributed by atoms with Gasteiger partial charge in [0.2, 0.25) is 0 Å². The molecule has 0 fully saturated rings. The van der Waals surface area contributed by atoms with Crippen LogP contribution in [-0.2, 0) is 9.84 Å². The van der Waals surface area contributed by atoms with Crippen LogP contribution in [0.25, 0.3) is 0 Å². The van der Waals surface area contributed by atoms with E-state index in [9.17, 15) is 8.42 Å². The summed E-state index contributed by atoms with van der Waals surface area (Å²) in [5.74, 6) is 0.0764. The summed E-state index contributed by atoms with van der Waals surface area (Å²) in [5.41, 5.74) is 5.20. The molecular formula is C4H12ClNO2S. The maximum absolute atomic E-state index is 10.4. The first-order chi connectivity index (χ1) is 3.42. The van der Waals surface area contributed by atoms with Crippen LogP contribution >= 0.6 is 12.4 Å². The normalized spacial score (nSPS) is 14.1. The van der Waals surface area contributed by atoms with Gasteiger partial charge in [-0.25, -0.2) is 8.42 Å². The minimum absolute atomic E-state index is 0. The molecule has 1 unspecified atom stereocenters. The van der Waals surface area contributed by atoms with Crippen LogP contribution in [0.4, 0.5) is 0 Å². The number of rotatable bonds is 2. The van der Waals surface area contributed by atoms with E-state index in [1.165, 1.54) is 6.26 Å². The Morgan fingerprint density at radius 3 is 1.89 bits per heavy atom. The Labute approximate surface area is 62.0 Å². The van der Waals surface area contributed by atoms with Gasteiger partial charge in [-0.15, -0.1) is 12.4 Å². The fourth-order valence-electron chi connectivity index (χ4n) is 0.478. The molecule has 0 aromatic rings. The smallest absolute Gasteiger partial charge is 0.148 e. The van der Waals surface area contributed by atoms with E-state index < -0.39 is 9.84 Å². The van der Waals surface area contributed by atoms with E-state index in [0.29, 0.717) is 0 Å². The summed E-state index contributed by atoms with van der Waals surface area (Å²) in [6.45, 7) is 1.67. The van der Waals surface area contributed by atoms with Gasteiger partial charge >= 0.3 is 0 Å². The zero-order chi connectivity index (χ0) is 6.78. The molecule has 2 N–H and O–H groups in total. The molecule has 0 bridgehead atoms. The predicted molar refractivity (Wildman–Crippen MR) is 40.6 cm³/mol. The van der Waals surface area contributed by atoms with Crippen LogP contribution in [0.5, 0.6) is 0 Å². The number of nitrogens with two attached hydrogens (primary N) is 1. The molecule has 1 atom stereocenters. The van der Waals surface area contributed by atoms with Crippen LogP contribution in [0.15, 0.2) is 0 Å². The first-order valence-corrected chi connectivity index (χ1v) is 4.41. The average Bonchev–Trinajstić information content (AvgIpc) is 1.21. The van der Waals surface area contributed by atoms with Gasteiger partial charge in [-0.3, -0.25) is 0 Å². The third-order valence-corrected chi connectivity index (χ3v) is 1.70. The second kappa shape index (κ2) is 4.09. The first kappa shape index (κ1) is 11.9. The van der Waals surface area contributed by atoms with Crippen LogP contribution in [0.1, 0.15) is 6.92 Å². The maximum Gasteiger partial charge on any atom is 0.148 e. The van der Waals surface area contributed by atoms with Crippen molar-refractivity contribution in [3.63, 3.8) is 0 Å². The summed E-state index contributed by atoms with van der Waals surface area (Å²) in [4.78, 5) is 0. The van der Waals surface area contributed by atoms with Crippen molar-refractivity contribution in [2.75, 3.05) is 12.0 Å². The molecule has 9 heavy (non-hydrogen) atoms. The van der Waals surface area contributed by atoms with Gasteiger partial charge in [-0.2, -0.15) is 0 Å². The Kier molecular flexibility index (Phi) is 5.42. The van der Waals surface area contributed by atoms with Gasteiger partial charge < -0.3 is 5.73 Å². The highest BCUT2D eigenvalue weighted by Gasteiger charge is 2.03. The van der Waals surface area contributed by atoms with E-state index in [1.807, 2.05) is 0 Å². The highest BCUT2D eigenvalue weighted by molar-refractivity contribution is 7.90. The fourth-order valence-corrected chi connectivity index (χ4v) is 1.43. The number of hydrogen-bond donors (Lipinski definition) is 1. The highest BCUT2D eigenvalue weighted by Crippen LogP contribution is 1.84. The molecule has 0 aliphatic heterocycles. The molecule has 0 rings (SSSR count). The third kappa shape index (κ3) is 11.7. The number of hydrogen-bond acceptors (Lipinski definition) is 3. The van der Waals surface area contributed by atoms with E-state index in [1.54, 1.807) is 6.92 Å². The van der Waals surface area contributed by atoms with Crippen LogP contribution in [-0.4, -0.2) is 26.5 Å². The van der Waals surface area contributed by atoms with Crippen molar-refractivity contribution >= 4 is 22.2 Å². The van der Waals surface area contributed by atoms with Crippen LogP contribution in [0.2, 0.25) is 0 Å². The Balaban J connectivity index is 0. The molecule has 0 aromatic carbocycles. The minimum Gasteiger partial charge on any atom is -0.327 e. The topological polar surface area (TPSA) is 60.2 Å². The molecule has 0 aliphatic rings. The molecule has 0 saturated carbocycles. The number of halogens is 1. The summed E-state index contributed by atoms with van der Waals surface area (Å²) < 4.78 is 20.7. The summed E-state index contributed by atoms with van der Waals surface area (Å²) in [7, 11) is -2.85. The molecular weight excluding hydrogens is 162 g/mol. The highest BCUT2D eigenvalue weighted by atomic mass is 35.5. The van der Waals surface area contributed by atoms with Gasteiger partial charge in [0.15, 0.2) is 0 Å². The van der Waals surface area contributed by atoms with E-state index in [2.05, 4.69) is 0 Å². The van der Waals surface area contributed by atoms with Crippen molar-refractivity contribution in [3.05, 3.63) is 0 Å². The summed E-state index contributed by atoms with van der Waals surface area (Å²) >= 11 is 0. The minimum atomic E-state index is -2.85. The SMILES string of the molecule is CC(N)CS(C)(=O)=O.Cl. The predicted octanol–water partition coefficient (Wildman–Crippen LogP) is -0.200.